The number of carbonyl (C=O) groups excluding carboxylic acids is 2. The molecule has 0 atom stereocenters. The SMILES string of the molecule is O=C(OCN1C(=O)CCc2ccc(OCCCCN3CCN(c4cccc5sccc45)CC3)cc21)c1ccnnc1. The molecular weight excluding hydrogens is 538 g/mol. The maximum absolute atomic E-state index is 12.7. The van der Waals surface area contributed by atoms with Crippen molar-refractivity contribution in [3.63, 3.8) is 0 Å². The van der Waals surface area contributed by atoms with Crippen molar-refractivity contribution in [1.29, 1.82) is 0 Å². The number of rotatable bonds is 10. The molecule has 0 spiro atoms. The Labute approximate surface area is 243 Å². The first-order valence-electron chi connectivity index (χ1n) is 14.1. The predicted octanol–water partition coefficient (Wildman–Crippen LogP) is 4.77. The molecule has 1 saturated heterocycles. The molecule has 0 unspecified atom stereocenters. The van der Waals surface area contributed by atoms with E-state index in [0.717, 1.165) is 56.8 Å². The van der Waals surface area contributed by atoms with Crippen molar-refractivity contribution in [2.24, 2.45) is 0 Å². The Balaban J connectivity index is 0.955. The lowest BCUT2D eigenvalue weighted by Gasteiger charge is -2.36. The summed E-state index contributed by atoms with van der Waals surface area (Å²) in [4.78, 5) is 31.6. The summed E-state index contributed by atoms with van der Waals surface area (Å²) in [6, 6.07) is 16.2. The first kappa shape index (κ1) is 27.2. The molecule has 0 saturated carbocycles. The average molecular weight is 572 g/mol. The number of nitrogens with zero attached hydrogens (tertiary/aromatic N) is 5. The summed E-state index contributed by atoms with van der Waals surface area (Å²) >= 11 is 1.80. The number of hydrogen-bond donors (Lipinski definition) is 0. The van der Waals surface area contributed by atoms with Crippen molar-refractivity contribution in [2.45, 2.75) is 25.7 Å². The fourth-order valence-electron chi connectivity index (χ4n) is 5.46. The number of thiophene rings is 1. The van der Waals surface area contributed by atoms with Crippen molar-refractivity contribution >= 4 is 44.7 Å². The number of amides is 1. The molecule has 9 nitrogen and oxygen atoms in total. The van der Waals surface area contributed by atoms with Crippen molar-refractivity contribution < 1.29 is 19.1 Å². The number of unbranched alkanes of at least 4 members (excludes halogenated alkanes) is 1. The Bertz CT molecular complexity index is 1500. The number of aromatic nitrogens is 2. The highest BCUT2D eigenvalue weighted by atomic mass is 32.1. The summed E-state index contributed by atoms with van der Waals surface area (Å²) in [5, 5.41) is 10.9. The minimum atomic E-state index is -0.548. The fraction of sp³-hybridized carbons (Fsp3) is 0.355. The molecule has 2 aliphatic rings. The molecule has 0 bridgehead atoms. The van der Waals surface area contributed by atoms with Gasteiger partial charge in [0.2, 0.25) is 5.91 Å². The normalized spacial score (nSPS) is 15.7. The molecule has 4 aromatic rings. The highest BCUT2D eigenvalue weighted by molar-refractivity contribution is 7.17. The van der Waals surface area contributed by atoms with Crippen LogP contribution in [0.3, 0.4) is 0 Å². The maximum Gasteiger partial charge on any atom is 0.341 e. The molecule has 2 aromatic carbocycles. The van der Waals surface area contributed by atoms with E-state index in [4.69, 9.17) is 9.47 Å². The van der Waals surface area contributed by atoms with Crippen LogP contribution in [0.4, 0.5) is 11.4 Å². The highest BCUT2D eigenvalue weighted by Crippen LogP contribution is 2.32. The Kier molecular flexibility index (Phi) is 8.39. The van der Waals surface area contributed by atoms with Gasteiger partial charge in [0.15, 0.2) is 6.73 Å². The summed E-state index contributed by atoms with van der Waals surface area (Å²) in [6.07, 6.45) is 5.81. The highest BCUT2D eigenvalue weighted by Gasteiger charge is 2.26. The van der Waals surface area contributed by atoms with E-state index < -0.39 is 5.97 Å². The summed E-state index contributed by atoms with van der Waals surface area (Å²) < 4.78 is 12.8. The van der Waals surface area contributed by atoms with Crippen LogP contribution in [-0.2, 0) is 16.0 Å². The second-order valence-electron chi connectivity index (χ2n) is 10.3. The number of benzene rings is 2. The van der Waals surface area contributed by atoms with Crippen molar-refractivity contribution in [3.8, 4) is 5.75 Å². The van der Waals surface area contributed by atoms with Gasteiger partial charge in [-0.05, 0) is 67.1 Å². The number of carbonyl (C=O) groups is 2. The van der Waals surface area contributed by atoms with Gasteiger partial charge < -0.3 is 14.4 Å². The van der Waals surface area contributed by atoms with Crippen LogP contribution in [0.25, 0.3) is 10.1 Å². The van der Waals surface area contributed by atoms with Crippen molar-refractivity contribution in [1.82, 2.24) is 15.1 Å². The zero-order valence-electron chi connectivity index (χ0n) is 22.9. The Hall–Kier alpha value is -4.02. The molecule has 0 aliphatic carbocycles. The minimum Gasteiger partial charge on any atom is -0.494 e. The molecule has 2 aromatic heterocycles. The molecule has 41 heavy (non-hydrogen) atoms. The van der Waals surface area contributed by atoms with E-state index in [1.54, 1.807) is 11.3 Å². The van der Waals surface area contributed by atoms with Gasteiger partial charge in [-0.1, -0.05) is 12.1 Å². The number of aryl methyl sites for hydroxylation is 1. The van der Waals surface area contributed by atoms with Crippen LogP contribution in [-0.4, -0.2) is 73.0 Å². The molecule has 1 amide bonds. The van der Waals surface area contributed by atoms with E-state index in [-0.39, 0.29) is 12.6 Å². The van der Waals surface area contributed by atoms with Crippen LogP contribution >= 0.6 is 11.3 Å². The van der Waals surface area contributed by atoms with Gasteiger partial charge in [0.25, 0.3) is 0 Å². The number of anilines is 2. The van der Waals surface area contributed by atoms with Crippen LogP contribution in [0.2, 0.25) is 0 Å². The summed E-state index contributed by atoms with van der Waals surface area (Å²) in [5.74, 6) is 0.0835. The molecular formula is C31H33N5O4S. The van der Waals surface area contributed by atoms with Crippen LogP contribution in [0.1, 0.15) is 35.2 Å². The molecule has 212 valence electrons. The smallest absolute Gasteiger partial charge is 0.341 e. The number of fused-ring (bicyclic) bond motifs is 2. The largest absolute Gasteiger partial charge is 0.494 e. The maximum atomic E-state index is 12.7. The van der Waals surface area contributed by atoms with Gasteiger partial charge in [-0.15, -0.1) is 11.3 Å². The van der Waals surface area contributed by atoms with Gasteiger partial charge in [-0.25, -0.2) is 4.79 Å². The van der Waals surface area contributed by atoms with Crippen molar-refractivity contribution in [2.75, 3.05) is 55.9 Å². The van der Waals surface area contributed by atoms with Crippen molar-refractivity contribution in [3.05, 3.63) is 77.4 Å². The van der Waals surface area contributed by atoms with E-state index in [9.17, 15) is 9.59 Å². The zero-order chi connectivity index (χ0) is 28.0. The molecule has 2 aliphatic heterocycles. The number of ether oxygens (including phenoxy) is 2. The van der Waals surface area contributed by atoms with Gasteiger partial charge >= 0.3 is 5.97 Å². The molecule has 4 heterocycles. The third-order valence-corrected chi connectivity index (χ3v) is 8.61. The van der Waals surface area contributed by atoms with E-state index in [2.05, 4.69) is 49.6 Å². The average Bonchev–Trinajstić information content (AvgIpc) is 3.50. The van der Waals surface area contributed by atoms with E-state index in [1.807, 2.05) is 18.2 Å². The standard InChI is InChI=1S/C31H33N5O4S/c37-30-9-7-23-6-8-25(20-28(23)36(30)22-40-31(38)24-10-12-32-33-21-24)39-18-2-1-13-34-14-16-35(17-15-34)27-4-3-5-29-26(27)11-19-41-29/h3-6,8,10-12,19-21H,1-2,7,9,13-18,22H2. The minimum absolute atomic E-state index is 0.0811. The monoisotopic (exact) mass is 571 g/mol. The van der Waals surface area contributed by atoms with Gasteiger partial charge in [-0.2, -0.15) is 10.2 Å². The third-order valence-electron chi connectivity index (χ3n) is 7.72. The van der Waals surface area contributed by atoms with Gasteiger partial charge in [0, 0.05) is 54.4 Å². The molecule has 0 N–H and O–H groups in total. The fourth-order valence-corrected chi connectivity index (χ4v) is 6.27. The topological polar surface area (TPSA) is 88.1 Å². The van der Waals surface area contributed by atoms with Crippen LogP contribution in [0.15, 0.2) is 66.3 Å². The van der Waals surface area contributed by atoms with Crippen LogP contribution < -0.4 is 14.5 Å². The lowest BCUT2D eigenvalue weighted by molar-refractivity contribution is -0.119. The molecule has 1 fully saturated rings. The second-order valence-corrected chi connectivity index (χ2v) is 11.2. The second kappa shape index (κ2) is 12.7. The Morgan fingerprint density at radius 1 is 0.951 bits per heavy atom. The lowest BCUT2D eigenvalue weighted by atomic mass is 10.0. The molecule has 6 rings (SSSR count). The Morgan fingerprint density at radius 2 is 1.85 bits per heavy atom. The molecule has 10 heteroatoms. The molecule has 0 radical (unpaired) electrons. The predicted molar refractivity (Wildman–Crippen MR) is 160 cm³/mol. The van der Waals surface area contributed by atoms with E-state index in [0.29, 0.717) is 30.8 Å². The summed E-state index contributed by atoms with van der Waals surface area (Å²) in [6.45, 7) is 5.74. The van der Waals surface area contributed by atoms with Gasteiger partial charge in [0.05, 0.1) is 30.3 Å². The van der Waals surface area contributed by atoms with Gasteiger partial charge in [-0.3, -0.25) is 14.6 Å². The van der Waals surface area contributed by atoms with Crippen LogP contribution in [0.5, 0.6) is 5.75 Å². The number of esters is 1. The number of piperazine rings is 1. The van der Waals surface area contributed by atoms with E-state index in [1.165, 1.54) is 39.1 Å². The summed E-state index contributed by atoms with van der Waals surface area (Å²) in [5.41, 5.74) is 3.41. The third kappa shape index (κ3) is 6.34. The lowest BCUT2D eigenvalue weighted by Crippen LogP contribution is -2.46. The Morgan fingerprint density at radius 3 is 2.71 bits per heavy atom. The zero-order valence-corrected chi connectivity index (χ0v) is 23.7. The summed E-state index contributed by atoms with van der Waals surface area (Å²) in [7, 11) is 0. The first-order chi connectivity index (χ1) is 20.2. The van der Waals surface area contributed by atoms with E-state index >= 15 is 0 Å². The quantitative estimate of drug-likeness (QED) is 0.199. The van der Waals surface area contributed by atoms with Crippen LogP contribution in [0, 0.1) is 0 Å². The first-order valence-corrected chi connectivity index (χ1v) is 15.0. The number of hydrogen-bond acceptors (Lipinski definition) is 9. The van der Waals surface area contributed by atoms with Gasteiger partial charge in [0.1, 0.15) is 5.75 Å².